The third kappa shape index (κ3) is 1.03. The van der Waals surface area contributed by atoms with Gasteiger partial charge in [0, 0.05) is 5.56 Å². The Kier molecular flexibility index (Phi) is 1.39. The van der Waals surface area contributed by atoms with Crippen molar-refractivity contribution in [1.82, 2.24) is 0 Å². The summed E-state index contributed by atoms with van der Waals surface area (Å²) < 4.78 is 0. The summed E-state index contributed by atoms with van der Waals surface area (Å²) in [5.74, 6) is -1.03. The largest absolute Gasteiger partial charge is 0.477 e. The van der Waals surface area contributed by atoms with Crippen LogP contribution < -0.4 is 10.7 Å². The molecular weight excluding hydrogens is 194 g/mol. The number of nitrogens with zero attached hydrogens (tertiary/aromatic N) is 3. The van der Waals surface area contributed by atoms with Crippen LogP contribution in [0.3, 0.4) is 0 Å². The molecule has 1 N–H and O–H groups in total. The van der Waals surface area contributed by atoms with Gasteiger partial charge in [0.15, 0.2) is 0 Å². The van der Waals surface area contributed by atoms with Gasteiger partial charge in [-0.25, -0.2) is 19.8 Å². The van der Waals surface area contributed by atoms with Gasteiger partial charge in [0.2, 0.25) is 0 Å². The van der Waals surface area contributed by atoms with Crippen LogP contribution in [0.15, 0.2) is 32.8 Å². The van der Waals surface area contributed by atoms with Crippen molar-refractivity contribution in [3.63, 3.8) is 0 Å². The second kappa shape index (κ2) is 2.60. The Labute approximate surface area is 83.8 Å². The molecule has 1 aromatic carbocycles. The molecule has 15 heavy (non-hydrogen) atoms. The number of aliphatic carboxylic acids is 1. The van der Waals surface area contributed by atoms with Crippen molar-refractivity contribution in [2.75, 3.05) is 0 Å². The minimum Gasteiger partial charge on any atom is -0.477 e. The number of carboxylic acids is 1. The summed E-state index contributed by atoms with van der Waals surface area (Å²) in [6.45, 7) is 0. The zero-order valence-corrected chi connectivity index (χ0v) is 7.51. The van der Waals surface area contributed by atoms with Crippen molar-refractivity contribution in [2.45, 2.75) is 0 Å². The summed E-state index contributed by atoms with van der Waals surface area (Å²) in [6.07, 6.45) is 2.98. The van der Waals surface area contributed by atoms with E-state index < -0.39 is 5.97 Å². The van der Waals surface area contributed by atoms with Gasteiger partial charge >= 0.3 is 5.97 Å². The Morgan fingerprint density at radius 3 is 2.87 bits per heavy atom. The van der Waals surface area contributed by atoms with Gasteiger partial charge in [0.05, 0.1) is 16.4 Å². The maximum atomic E-state index is 10.7. The standard InChI is InChI=1S/C10H5N3O2/c14-10(15)8-3-5-6(13-8)1-2-7-9(5)12-4-11-7/h1-4H,(H,14,15). The summed E-state index contributed by atoms with van der Waals surface area (Å²) >= 11 is 0. The fraction of sp³-hybridized carbons (Fsp3) is 0. The smallest absolute Gasteiger partial charge is 0.354 e. The summed E-state index contributed by atoms with van der Waals surface area (Å²) in [6, 6.07) is 3.53. The molecule has 72 valence electrons. The van der Waals surface area contributed by atoms with Crippen molar-refractivity contribution in [3.05, 3.63) is 34.1 Å². The number of benzene rings is 1. The Balaban J connectivity index is 2.34. The summed E-state index contributed by atoms with van der Waals surface area (Å²) in [5.41, 5.74) is 1.48. The highest BCUT2D eigenvalue weighted by Crippen LogP contribution is 2.19. The predicted molar refractivity (Wildman–Crippen MR) is 52.5 cm³/mol. The third-order valence-electron chi connectivity index (χ3n) is 2.30. The van der Waals surface area contributed by atoms with E-state index in [9.17, 15) is 4.79 Å². The van der Waals surface area contributed by atoms with Gasteiger partial charge in [0.1, 0.15) is 12.0 Å². The number of carboxylic acid groups (broad SMARTS) is 1. The van der Waals surface area contributed by atoms with Crippen LogP contribution >= 0.6 is 0 Å². The second-order valence-corrected chi connectivity index (χ2v) is 3.19. The molecule has 5 heteroatoms. The molecule has 0 saturated carbocycles. The van der Waals surface area contributed by atoms with E-state index in [1.807, 2.05) is 0 Å². The lowest BCUT2D eigenvalue weighted by molar-refractivity contribution is -0.132. The average molecular weight is 199 g/mol. The van der Waals surface area contributed by atoms with E-state index >= 15 is 0 Å². The lowest BCUT2D eigenvalue weighted by Gasteiger charge is -1.93. The van der Waals surface area contributed by atoms with E-state index in [0.29, 0.717) is 11.0 Å². The molecule has 0 aromatic heterocycles. The van der Waals surface area contributed by atoms with Gasteiger partial charge in [-0.3, -0.25) is 0 Å². The third-order valence-corrected chi connectivity index (χ3v) is 2.30. The number of carbonyl (C=O) groups is 1. The first-order chi connectivity index (χ1) is 7.25. The molecule has 0 fully saturated rings. The molecule has 0 unspecified atom stereocenters. The summed E-state index contributed by atoms with van der Waals surface area (Å²) in [5, 5.41) is 10.2. The van der Waals surface area contributed by atoms with Crippen LogP contribution in [0, 0.1) is 0 Å². The summed E-state index contributed by atoms with van der Waals surface area (Å²) in [7, 11) is 0. The van der Waals surface area contributed by atoms with E-state index in [2.05, 4.69) is 15.0 Å². The quantitative estimate of drug-likeness (QED) is 0.693. The van der Waals surface area contributed by atoms with Crippen LogP contribution in [0.25, 0.3) is 6.08 Å². The zero-order valence-electron chi connectivity index (χ0n) is 7.51. The number of fused-ring (bicyclic) bond motifs is 3. The van der Waals surface area contributed by atoms with Gasteiger partial charge in [0.25, 0.3) is 0 Å². The van der Waals surface area contributed by atoms with Crippen molar-refractivity contribution in [2.24, 2.45) is 15.0 Å². The van der Waals surface area contributed by atoms with Gasteiger partial charge in [-0.15, -0.1) is 0 Å². The molecule has 0 spiro atoms. The number of hydrogen-bond acceptors (Lipinski definition) is 4. The van der Waals surface area contributed by atoms with Gasteiger partial charge < -0.3 is 5.11 Å². The fourth-order valence-corrected chi connectivity index (χ4v) is 1.62. The van der Waals surface area contributed by atoms with Crippen molar-refractivity contribution < 1.29 is 9.90 Å². The molecule has 0 bridgehead atoms. The first-order valence-corrected chi connectivity index (χ1v) is 4.33. The Morgan fingerprint density at radius 1 is 1.27 bits per heavy atom. The highest BCUT2D eigenvalue weighted by atomic mass is 16.4. The molecule has 3 rings (SSSR count). The van der Waals surface area contributed by atoms with Gasteiger partial charge in [-0.1, -0.05) is 0 Å². The van der Waals surface area contributed by atoms with Crippen molar-refractivity contribution >= 4 is 24.1 Å². The lowest BCUT2D eigenvalue weighted by atomic mass is 10.1. The van der Waals surface area contributed by atoms with E-state index in [-0.39, 0.29) is 5.70 Å². The number of hydrogen-bond donors (Lipinski definition) is 1. The lowest BCUT2D eigenvalue weighted by Crippen LogP contribution is -2.10. The normalized spacial score (nSPS) is 15.1. The van der Waals surface area contributed by atoms with E-state index in [1.54, 1.807) is 12.1 Å². The first kappa shape index (κ1) is 8.05. The molecule has 1 aromatic rings. The molecule has 0 amide bonds. The molecular formula is C10H5N3O2. The van der Waals surface area contributed by atoms with Crippen LogP contribution in [0.1, 0.15) is 5.56 Å². The predicted octanol–water partition coefficient (Wildman–Crippen LogP) is 0.0383. The van der Waals surface area contributed by atoms with Crippen molar-refractivity contribution in [3.8, 4) is 0 Å². The van der Waals surface area contributed by atoms with Crippen LogP contribution in [0.2, 0.25) is 0 Å². The Morgan fingerprint density at radius 2 is 2.07 bits per heavy atom. The molecule has 0 aliphatic carbocycles. The molecule has 0 saturated heterocycles. The molecule has 5 nitrogen and oxygen atoms in total. The Hall–Kier alpha value is -2.30. The SMILES string of the molecule is O=C(O)C1=Cc2c3c(ccc2=N1)=NC=N3. The highest BCUT2D eigenvalue weighted by Gasteiger charge is 2.17. The zero-order chi connectivity index (χ0) is 10.4. The number of aliphatic imine (C=N–C) groups is 1. The van der Waals surface area contributed by atoms with Gasteiger partial charge in [-0.05, 0) is 18.2 Å². The highest BCUT2D eigenvalue weighted by molar-refractivity contribution is 5.94. The monoisotopic (exact) mass is 199 g/mol. The number of rotatable bonds is 1. The van der Waals surface area contributed by atoms with Crippen LogP contribution in [0.5, 0.6) is 0 Å². The van der Waals surface area contributed by atoms with Crippen molar-refractivity contribution in [1.29, 1.82) is 0 Å². The first-order valence-electron chi connectivity index (χ1n) is 4.33. The van der Waals surface area contributed by atoms with Crippen LogP contribution in [0.4, 0.5) is 5.69 Å². The fourth-order valence-electron chi connectivity index (χ4n) is 1.62. The van der Waals surface area contributed by atoms with E-state index in [0.717, 1.165) is 10.9 Å². The van der Waals surface area contributed by atoms with E-state index in [4.69, 9.17) is 5.11 Å². The molecule has 2 aliphatic rings. The molecule has 0 radical (unpaired) electrons. The van der Waals surface area contributed by atoms with E-state index in [1.165, 1.54) is 12.4 Å². The maximum Gasteiger partial charge on any atom is 0.354 e. The Bertz CT molecular complexity index is 656. The van der Waals surface area contributed by atoms with Crippen LogP contribution in [-0.4, -0.2) is 17.4 Å². The van der Waals surface area contributed by atoms with Crippen LogP contribution in [-0.2, 0) is 4.79 Å². The molecule has 0 atom stereocenters. The molecule has 2 heterocycles. The minimum atomic E-state index is -1.03. The topological polar surface area (TPSA) is 74.4 Å². The maximum absolute atomic E-state index is 10.7. The van der Waals surface area contributed by atoms with Gasteiger partial charge in [-0.2, -0.15) is 0 Å². The molecule has 2 aliphatic heterocycles. The summed E-state index contributed by atoms with van der Waals surface area (Å²) in [4.78, 5) is 22.8. The minimum absolute atomic E-state index is 0.0421. The second-order valence-electron chi connectivity index (χ2n) is 3.19. The average Bonchev–Trinajstić information content (AvgIpc) is 2.82.